The van der Waals surface area contributed by atoms with Gasteiger partial charge >= 0.3 is 17.9 Å². The van der Waals surface area contributed by atoms with Crippen LogP contribution < -0.4 is 16.0 Å². The molecule has 0 spiro atoms. The van der Waals surface area contributed by atoms with Gasteiger partial charge in [-0.1, -0.05) is 31.7 Å². The molecule has 0 fully saturated rings. The molecule has 248 valence electrons. The molecule has 6 rings (SSSR count). The lowest BCUT2D eigenvalue weighted by atomic mass is 9.63. The summed E-state index contributed by atoms with van der Waals surface area (Å²) in [4.78, 5) is 51.9. The number of aliphatic imine (C=N–C) groups is 2. The van der Waals surface area contributed by atoms with Crippen LogP contribution in [0.3, 0.4) is 0 Å². The fourth-order valence-electron chi connectivity index (χ4n) is 7.45. The Hall–Kier alpha value is -5.25. The number of H-pyrrole nitrogens is 1. The van der Waals surface area contributed by atoms with Crippen molar-refractivity contribution < 1.29 is 29.0 Å². The number of aliphatic carboxylic acids is 1. The number of rotatable bonds is 6. The van der Waals surface area contributed by atoms with Gasteiger partial charge in [-0.3, -0.25) is 14.6 Å². The molecule has 1 aliphatic carbocycles. The summed E-state index contributed by atoms with van der Waals surface area (Å²) >= 11 is 0. The number of nitrogens with zero attached hydrogens (tertiary/aromatic N) is 2. The quantitative estimate of drug-likeness (QED) is 0.397. The third-order valence-corrected chi connectivity index (χ3v) is 10.5. The van der Waals surface area contributed by atoms with Gasteiger partial charge in [0.1, 0.15) is 5.92 Å². The third-order valence-electron chi connectivity index (χ3n) is 10.5. The van der Waals surface area contributed by atoms with E-state index < -0.39 is 29.2 Å². The van der Waals surface area contributed by atoms with E-state index in [0.29, 0.717) is 23.5 Å². The number of hydrogen-bond donors (Lipinski definition) is 3. The highest BCUT2D eigenvalue weighted by Gasteiger charge is 2.55. The molecule has 0 amide bonds. The predicted molar refractivity (Wildman–Crippen MR) is 184 cm³/mol. The number of carboxylic acid groups (broad SMARTS) is 1. The topological polar surface area (TPSA) is 142 Å². The molecule has 4 atom stereocenters. The van der Waals surface area contributed by atoms with Crippen LogP contribution in [0.2, 0.25) is 0 Å². The number of aromatic nitrogens is 1. The minimum absolute atomic E-state index is 0.0193. The molecule has 48 heavy (non-hydrogen) atoms. The van der Waals surface area contributed by atoms with Gasteiger partial charge in [0.15, 0.2) is 0 Å². The molecule has 0 saturated heterocycles. The van der Waals surface area contributed by atoms with E-state index in [1.807, 2.05) is 52.0 Å². The number of esters is 2. The van der Waals surface area contributed by atoms with Gasteiger partial charge in [0.2, 0.25) is 0 Å². The van der Waals surface area contributed by atoms with Crippen molar-refractivity contribution in [3.63, 3.8) is 0 Å². The Bertz CT molecular complexity index is 2080. The van der Waals surface area contributed by atoms with Crippen LogP contribution in [-0.4, -0.2) is 59.7 Å². The fraction of sp³-hybridized carbons (Fsp3) is 0.342. The van der Waals surface area contributed by atoms with E-state index in [0.717, 1.165) is 55.5 Å². The van der Waals surface area contributed by atoms with Gasteiger partial charge in [-0.2, -0.15) is 0 Å². The summed E-state index contributed by atoms with van der Waals surface area (Å²) < 4.78 is 10.4. The maximum atomic E-state index is 13.6. The highest BCUT2D eigenvalue weighted by Crippen LogP contribution is 2.52. The van der Waals surface area contributed by atoms with Crippen LogP contribution in [0.25, 0.3) is 12.2 Å². The van der Waals surface area contributed by atoms with Crippen molar-refractivity contribution in [2.24, 2.45) is 27.2 Å². The first kappa shape index (κ1) is 32.7. The molecule has 4 aliphatic heterocycles. The lowest BCUT2D eigenvalue weighted by molar-refractivity contribution is -0.149. The van der Waals surface area contributed by atoms with Crippen molar-refractivity contribution in [3.8, 4) is 0 Å². The van der Waals surface area contributed by atoms with Crippen molar-refractivity contribution in [1.82, 2.24) is 10.3 Å². The molecule has 8 bridgehead atoms. The van der Waals surface area contributed by atoms with Gasteiger partial charge < -0.3 is 24.9 Å². The maximum Gasteiger partial charge on any atom is 0.334 e. The van der Waals surface area contributed by atoms with E-state index >= 15 is 0 Å². The van der Waals surface area contributed by atoms with Gasteiger partial charge in [0.05, 0.1) is 54.1 Å². The van der Waals surface area contributed by atoms with Gasteiger partial charge in [-0.25, -0.2) is 9.79 Å². The zero-order chi connectivity index (χ0) is 34.7. The first-order valence-corrected chi connectivity index (χ1v) is 16.0. The van der Waals surface area contributed by atoms with Gasteiger partial charge in [-0.05, 0) is 86.3 Å². The Labute approximate surface area is 279 Å². The van der Waals surface area contributed by atoms with Crippen LogP contribution in [0.5, 0.6) is 0 Å². The first-order chi connectivity index (χ1) is 22.8. The first-order valence-electron chi connectivity index (χ1n) is 16.0. The molecule has 5 aliphatic rings. The number of aromatic amines is 1. The van der Waals surface area contributed by atoms with Crippen molar-refractivity contribution in [3.05, 3.63) is 104 Å². The number of methoxy groups -OCH3 is 2. The maximum absolute atomic E-state index is 13.6. The Morgan fingerprint density at radius 1 is 1.02 bits per heavy atom. The number of nitrogens with one attached hydrogen (secondary N) is 2. The van der Waals surface area contributed by atoms with Crippen molar-refractivity contribution in [2.45, 2.75) is 53.5 Å². The summed E-state index contributed by atoms with van der Waals surface area (Å²) in [5.41, 5.74) is 8.23. The number of allylic oxidation sites excluding steroid dienone is 7. The highest BCUT2D eigenvalue weighted by molar-refractivity contribution is 6.22. The number of fused-ring (bicyclic) bond motifs is 9. The van der Waals surface area contributed by atoms with E-state index in [1.165, 1.54) is 14.2 Å². The molecule has 3 N–H and O–H groups in total. The van der Waals surface area contributed by atoms with Gasteiger partial charge in [0.25, 0.3) is 0 Å². The van der Waals surface area contributed by atoms with Crippen molar-refractivity contribution in [1.29, 1.82) is 0 Å². The molecular formula is C38H40N4O6. The fourth-order valence-corrected chi connectivity index (χ4v) is 7.45. The van der Waals surface area contributed by atoms with Crippen molar-refractivity contribution >= 4 is 41.5 Å². The molecule has 10 heteroatoms. The second-order valence-electron chi connectivity index (χ2n) is 13.0. The van der Waals surface area contributed by atoms with Crippen LogP contribution >= 0.6 is 0 Å². The predicted octanol–water partition coefficient (Wildman–Crippen LogP) is 3.95. The number of carbonyl (C=O) groups is 3. The van der Waals surface area contributed by atoms with E-state index in [1.54, 1.807) is 12.2 Å². The van der Waals surface area contributed by atoms with E-state index in [9.17, 15) is 19.5 Å². The van der Waals surface area contributed by atoms with Crippen LogP contribution in [0.4, 0.5) is 0 Å². The highest BCUT2D eigenvalue weighted by atomic mass is 16.5. The average Bonchev–Trinajstić information content (AvgIpc) is 3.70. The average molecular weight is 649 g/mol. The summed E-state index contributed by atoms with van der Waals surface area (Å²) in [7, 11) is 2.59. The Balaban J connectivity index is 1.67. The Kier molecular flexibility index (Phi) is 8.23. The lowest BCUT2D eigenvalue weighted by Gasteiger charge is -2.37. The molecule has 1 aromatic heterocycles. The van der Waals surface area contributed by atoms with Crippen LogP contribution in [-0.2, 0) is 23.9 Å². The van der Waals surface area contributed by atoms with Crippen LogP contribution in [0.15, 0.2) is 91.9 Å². The van der Waals surface area contributed by atoms with Gasteiger partial charge in [0, 0.05) is 34.3 Å². The number of ether oxygens (including phenoxy) is 2. The second kappa shape index (κ2) is 12.1. The molecular weight excluding hydrogens is 608 g/mol. The zero-order valence-electron chi connectivity index (χ0n) is 28.3. The Morgan fingerprint density at radius 2 is 1.73 bits per heavy atom. The largest absolute Gasteiger partial charge is 0.481 e. The van der Waals surface area contributed by atoms with Crippen LogP contribution in [0, 0.1) is 31.1 Å². The SMILES string of the molecule is C=CC1=C(C)C2=N/C1=C\C1NC(=C(CCC(=O)O)C1C)/C=c1\[nH]c(c(C)c1C)=CC1=NC(=C2)C2=CC=C(C(=O)OC)[C@@H](C(=O)OC)[C@]21C. The molecule has 0 saturated carbocycles. The number of carboxylic acids is 1. The summed E-state index contributed by atoms with van der Waals surface area (Å²) in [6.07, 6.45) is 13.7. The normalized spacial score (nSPS) is 27.5. The van der Waals surface area contributed by atoms with Crippen LogP contribution in [0.1, 0.15) is 44.7 Å². The lowest BCUT2D eigenvalue weighted by Crippen LogP contribution is -2.44. The van der Waals surface area contributed by atoms with E-state index in [2.05, 4.69) is 29.9 Å². The van der Waals surface area contributed by atoms with E-state index in [-0.39, 0.29) is 24.0 Å². The summed E-state index contributed by atoms with van der Waals surface area (Å²) in [6.45, 7) is 14.1. The molecule has 0 aromatic carbocycles. The number of hydrogen-bond acceptors (Lipinski definition) is 8. The van der Waals surface area contributed by atoms with E-state index in [4.69, 9.17) is 19.5 Å². The zero-order valence-corrected chi connectivity index (χ0v) is 28.3. The smallest absolute Gasteiger partial charge is 0.334 e. The third kappa shape index (κ3) is 5.06. The molecule has 10 nitrogen and oxygen atoms in total. The van der Waals surface area contributed by atoms with Gasteiger partial charge in [-0.15, -0.1) is 0 Å². The monoisotopic (exact) mass is 648 g/mol. The standard InChI is InChI=1S/C38H40N4O6/c1-9-22-20(4)28-16-32-25-12-10-24(36(45)47-7)35(37(46)48-8)38(25,6)33(42-32)17-29-19(3)18(2)26(39-29)14-31-23(11-13-34(43)44)21(5)27(41-31)15-30(22)40-28/h9-10,12,14-17,21,27,35,39,41H,1,11,13H2,2-8H3,(H,43,44)/b26-14-,29-17?,30-15-,32-16?/t21?,27?,35-,38+/m0/s1. The second-order valence-corrected chi connectivity index (χ2v) is 13.0. The summed E-state index contributed by atoms with van der Waals surface area (Å²) in [6, 6.07) is -0.132. The Morgan fingerprint density at radius 3 is 2.38 bits per heavy atom. The molecule has 5 heterocycles. The molecule has 1 aromatic rings. The molecule has 2 unspecified atom stereocenters. The minimum Gasteiger partial charge on any atom is -0.481 e. The summed E-state index contributed by atoms with van der Waals surface area (Å²) in [5, 5.41) is 14.8. The minimum atomic E-state index is -1.08. The summed E-state index contributed by atoms with van der Waals surface area (Å²) in [5.74, 6) is -3.05. The number of carbonyl (C=O) groups excluding carboxylic acids is 2. The molecule has 0 radical (unpaired) electrons. The van der Waals surface area contributed by atoms with Crippen molar-refractivity contribution in [2.75, 3.05) is 14.2 Å².